The molecule has 0 spiro atoms. The van der Waals surface area contributed by atoms with Crippen LogP contribution in [-0.2, 0) is 9.59 Å². The number of carbonyl (C=O) groups excluding carboxylic acids is 1. The highest BCUT2D eigenvalue weighted by Gasteiger charge is 2.36. The Labute approximate surface area is 121 Å². The molecule has 1 aromatic carbocycles. The summed E-state index contributed by atoms with van der Waals surface area (Å²) in [5.74, 6) is -0.653. The van der Waals surface area contributed by atoms with Gasteiger partial charge in [-0.25, -0.2) is 0 Å². The zero-order valence-corrected chi connectivity index (χ0v) is 11.9. The minimum Gasteiger partial charge on any atom is -0.481 e. The van der Waals surface area contributed by atoms with Crippen LogP contribution < -0.4 is 5.32 Å². The van der Waals surface area contributed by atoms with E-state index in [1.807, 2.05) is 24.3 Å². The molecule has 1 aliphatic carbocycles. The first-order chi connectivity index (χ1) is 9.66. The predicted molar refractivity (Wildman–Crippen MR) is 76.8 cm³/mol. The summed E-state index contributed by atoms with van der Waals surface area (Å²) in [6.07, 6.45) is 2.30. The number of aliphatic carboxylic acids is 1. The molecule has 5 heteroatoms. The van der Waals surface area contributed by atoms with Crippen LogP contribution in [0.15, 0.2) is 29.2 Å². The van der Waals surface area contributed by atoms with Gasteiger partial charge in [0.25, 0.3) is 0 Å². The van der Waals surface area contributed by atoms with E-state index in [0.717, 1.165) is 29.1 Å². The summed E-state index contributed by atoms with van der Waals surface area (Å²) in [5, 5.41) is 12.1. The molecule has 4 nitrogen and oxygen atoms in total. The fraction of sp³-hybridized carbons (Fsp3) is 0.467. The lowest BCUT2D eigenvalue weighted by Crippen LogP contribution is -2.42. The maximum atomic E-state index is 12.4. The molecule has 0 bridgehead atoms. The topological polar surface area (TPSA) is 66.4 Å². The van der Waals surface area contributed by atoms with E-state index < -0.39 is 11.9 Å². The van der Waals surface area contributed by atoms with Crippen LogP contribution in [0.3, 0.4) is 0 Å². The van der Waals surface area contributed by atoms with Crippen molar-refractivity contribution in [1.82, 2.24) is 5.32 Å². The number of fused-ring (bicyclic) bond motifs is 1. The number of carboxylic acids is 1. The molecule has 3 rings (SSSR count). The Morgan fingerprint density at radius 2 is 2.05 bits per heavy atom. The van der Waals surface area contributed by atoms with E-state index in [4.69, 9.17) is 5.11 Å². The first-order valence-corrected chi connectivity index (χ1v) is 7.90. The Bertz CT molecular complexity index is 546. The minimum atomic E-state index is -0.797. The van der Waals surface area contributed by atoms with Crippen LogP contribution in [0.5, 0.6) is 0 Å². The van der Waals surface area contributed by atoms with Crippen molar-refractivity contribution in [3.8, 4) is 0 Å². The summed E-state index contributed by atoms with van der Waals surface area (Å²) in [5.41, 5.74) is 1.07. The number of benzene rings is 1. The summed E-state index contributed by atoms with van der Waals surface area (Å²) in [6, 6.07) is 7.73. The number of nitrogens with one attached hydrogen (secondary N) is 1. The van der Waals surface area contributed by atoms with E-state index in [-0.39, 0.29) is 17.9 Å². The van der Waals surface area contributed by atoms with Crippen molar-refractivity contribution in [1.29, 1.82) is 0 Å². The van der Waals surface area contributed by atoms with Crippen molar-refractivity contribution in [2.24, 2.45) is 5.92 Å². The molecule has 1 aliphatic heterocycles. The number of hydrogen-bond donors (Lipinski definition) is 2. The number of thioether (sulfide) groups is 1. The molecule has 2 aliphatic rings. The van der Waals surface area contributed by atoms with Gasteiger partial charge >= 0.3 is 5.97 Å². The van der Waals surface area contributed by atoms with Gasteiger partial charge in [-0.2, -0.15) is 0 Å². The lowest BCUT2D eigenvalue weighted by atomic mass is 9.98. The molecule has 2 N–H and O–H groups in total. The van der Waals surface area contributed by atoms with Gasteiger partial charge in [-0.05, 0) is 24.5 Å². The van der Waals surface area contributed by atoms with E-state index in [1.54, 1.807) is 11.8 Å². The lowest BCUT2D eigenvalue weighted by Gasteiger charge is -2.20. The summed E-state index contributed by atoms with van der Waals surface area (Å²) in [4.78, 5) is 24.7. The molecule has 1 aromatic rings. The van der Waals surface area contributed by atoms with Crippen molar-refractivity contribution in [3.05, 3.63) is 29.8 Å². The van der Waals surface area contributed by atoms with Gasteiger partial charge in [-0.1, -0.05) is 24.6 Å². The second-order valence-electron chi connectivity index (χ2n) is 5.39. The largest absolute Gasteiger partial charge is 0.481 e. The molecule has 20 heavy (non-hydrogen) atoms. The van der Waals surface area contributed by atoms with Crippen LogP contribution in [0.25, 0.3) is 0 Å². The van der Waals surface area contributed by atoms with E-state index >= 15 is 0 Å². The maximum absolute atomic E-state index is 12.4. The maximum Gasteiger partial charge on any atom is 0.308 e. The van der Waals surface area contributed by atoms with Crippen molar-refractivity contribution in [2.75, 3.05) is 5.75 Å². The van der Waals surface area contributed by atoms with Gasteiger partial charge in [-0.15, -0.1) is 11.8 Å². The number of rotatable bonds is 3. The Morgan fingerprint density at radius 1 is 1.25 bits per heavy atom. The average molecular weight is 291 g/mol. The Balaban J connectivity index is 1.70. The highest BCUT2D eigenvalue weighted by molar-refractivity contribution is 7.99. The van der Waals surface area contributed by atoms with Gasteiger partial charge in [-0.3, -0.25) is 9.59 Å². The Morgan fingerprint density at radius 3 is 2.85 bits per heavy atom. The van der Waals surface area contributed by atoms with Crippen LogP contribution in [0.4, 0.5) is 0 Å². The second-order valence-corrected chi connectivity index (χ2v) is 6.45. The molecule has 1 saturated carbocycles. The molecule has 1 unspecified atom stereocenters. The van der Waals surface area contributed by atoms with Crippen molar-refractivity contribution in [3.63, 3.8) is 0 Å². The fourth-order valence-electron chi connectivity index (χ4n) is 3.09. The van der Waals surface area contributed by atoms with Gasteiger partial charge in [0.15, 0.2) is 0 Å². The van der Waals surface area contributed by atoms with Crippen LogP contribution in [0.1, 0.15) is 30.7 Å². The van der Waals surface area contributed by atoms with Crippen molar-refractivity contribution >= 4 is 23.6 Å². The average Bonchev–Trinajstić information content (AvgIpc) is 3.04. The van der Waals surface area contributed by atoms with E-state index in [9.17, 15) is 9.59 Å². The quantitative estimate of drug-likeness (QED) is 0.896. The van der Waals surface area contributed by atoms with Gasteiger partial charge < -0.3 is 10.4 Å². The van der Waals surface area contributed by atoms with Crippen molar-refractivity contribution in [2.45, 2.75) is 36.1 Å². The SMILES string of the molecule is O=C(N[C@H]1CCC[C@H]1C(=O)O)C1CSc2ccccc21. The number of carbonyl (C=O) groups is 2. The highest BCUT2D eigenvalue weighted by Crippen LogP contribution is 2.39. The third kappa shape index (κ3) is 2.42. The van der Waals surface area contributed by atoms with Gasteiger partial charge in [0, 0.05) is 16.7 Å². The Hall–Kier alpha value is -1.49. The zero-order valence-electron chi connectivity index (χ0n) is 11.0. The van der Waals surface area contributed by atoms with Gasteiger partial charge in [0.1, 0.15) is 0 Å². The van der Waals surface area contributed by atoms with Gasteiger partial charge in [0.05, 0.1) is 11.8 Å². The fourth-order valence-corrected chi connectivity index (χ4v) is 4.32. The van der Waals surface area contributed by atoms with E-state index in [1.165, 1.54) is 0 Å². The van der Waals surface area contributed by atoms with Crippen LogP contribution in [0.2, 0.25) is 0 Å². The number of hydrogen-bond acceptors (Lipinski definition) is 3. The molecule has 3 atom stereocenters. The number of amides is 1. The van der Waals surface area contributed by atoms with Crippen LogP contribution in [0, 0.1) is 5.92 Å². The summed E-state index contributed by atoms with van der Waals surface area (Å²) in [6.45, 7) is 0. The monoisotopic (exact) mass is 291 g/mol. The first kappa shape index (κ1) is 13.5. The molecule has 0 aromatic heterocycles. The molecular formula is C15H17NO3S. The summed E-state index contributed by atoms with van der Waals surface area (Å²) < 4.78 is 0. The van der Waals surface area contributed by atoms with Gasteiger partial charge in [0.2, 0.25) is 5.91 Å². The van der Waals surface area contributed by atoms with E-state index in [0.29, 0.717) is 6.42 Å². The minimum absolute atomic E-state index is 0.0272. The predicted octanol–water partition coefficient (Wildman–Crippen LogP) is 2.25. The second kappa shape index (κ2) is 5.48. The molecular weight excluding hydrogens is 274 g/mol. The molecule has 1 amide bonds. The first-order valence-electron chi connectivity index (χ1n) is 6.91. The zero-order chi connectivity index (χ0) is 14.1. The third-order valence-corrected chi connectivity index (χ3v) is 5.36. The third-order valence-electron chi connectivity index (χ3n) is 4.18. The summed E-state index contributed by atoms with van der Waals surface area (Å²) >= 11 is 1.69. The van der Waals surface area contributed by atoms with Crippen LogP contribution >= 0.6 is 11.8 Å². The normalized spacial score (nSPS) is 28.1. The molecule has 0 saturated heterocycles. The molecule has 1 fully saturated rings. The standard InChI is InChI=1S/C15H17NO3S/c17-14(16-12-6-3-5-10(12)15(18)19)11-8-20-13-7-2-1-4-9(11)13/h1-2,4,7,10-12H,3,5-6,8H2,(H,16,17)(H,18,19)/t10-,11?,12+/m1/s1. The molecule has 1 heterocycles. The number of carboxylic acid groups (broad SMARTS) is 1. The smallest absolute Gasteiger partial charge is 0.308 e. The molecule has 106 valence electrons. The van der Waals surface area contributed by atoms with Crippen LogP contribution in [-0.4, -0.2) is 28.8 Å². The Kier molecular flexibility index (Phi) is 3.70. The highest BCUT2D eigenvalue weighted by atomic mass is 32.2. The van der Waals surface area contributed by atoms with E-state index in [2.05, 4.69) is 5.32 Å². The summed E-state index contributed by atoms with van der Waals surface area (Å²) in [7, 11) is 0. The lowest BCUT2D eigenvalue weighted by molar-refractivity contribution is -0.142. The molecule has 0 radical (unpaired) electrons. The van der Waals surface area contributed by atoms with Crippen molar-refractivity contribution < 1.29 is 14.7 Å².